The van der Waals surface area contributed by atoms with E-state index < -0.39 is 8.32 Å². The van der Waals surface area contributed by atoms with E-state index in [4.69, 9.17) is 4.43 Å². The number of fused-ring (bicyclic) bond motifs is 5. The molecule has 0 amide bonds. The van der Waals surface area contributed by atoms with E-state index >= 15 is 0 Å². The molecule has 2 heteroatoms. The minimum Gasteiger partial charge on any atom is -0.414 e. The van der Waals surface area contributed by atoms with Crippen LogP contribution in [0.2, 0.25) is 18.1 Å². The Morgan fingerprint density at radius 1 is 0.917 bits per heavy atom. The highest BCUT2D eigenvalue weighted by molar-refractivity contribution is 6.74. The predicted octanol–water partition coefficient (Wildman–Crippen LogP) is 10.4. The van der Waals surface area contributed by atoms with Crippen LogP contribution < -0.4 is 0 Å². The molecule has 3 unspecified atom stereocenters. The molecule has 0 aromatic rings. The van der Waals surface area contributed by atoms with Crippen molar-refractivity contribution < 1.29 is 4.43 Å². The molecule has 4 rings (SSSR count). The lowest BCUT2D eigenvalue weighted by atomic mass is 9.50. The second-order valence-corrected chi connectivity index (χ2v) is 20.5. The van der Waals surface area contributed by atoms with Crippen LogP contribution in [0.1, 0.15) is 107 Å². The van der Waals surface area contributed by atoms with E-state index in [1.165, 1.54) is 38.5 Å². The Morgan fingerprint density at radius 2 is 1.61 bits per heavy atom. The van der Waals surface area contributed by atoms with Crippen LogP contribution in [0.5, 0.6) is 0 Å². The van der Waals surface area contributed by atoms with Gasteiger partial charge in [-0.2, -0.15) is 0 Å². The molecule has 0 saturated heterocycles. The van der Waals surface area contributed by atoms with Crippen molar-refractivity contribution in [2.45, 2.75) is 131 Å². The smallest absolute Gasteiger partial charge is 0.192 e. The van der Waals surface area contributed by atoms with Gasteiger partial charge in [0.2, 0.25) is 0 Å². The van der Waals surface area contributed by atoms with Crippen molar-refractivity contribution in [2.24, 2.45) is 46.3 Å². The largest absolute Gasteiger partial charge is 0.414 e. The van der Waals surface area contributed by atoms with Gasteiger partial charge in [-0.1, -0.05) is 97.8 Å². The Balaban J connectivity index is 1.52. The third-order valence-electron chi connectivity index (χ3n) is 12.3. The molecule has 0 N–H and O–H groups in total. The van der Waals surface area contributed by atoms with E-state index in [-0.39, 0.29) is 5.04 Å². The lowest BCUT2D eigenvalue weighted by Gasteiger charge is -2.55. The van der Waals surface area contributed by atoms with Crippen molar-refractivity contribution >= 4 is 8.32 Å². The Kier molecular flexibility index (Phi) is 7.78. The summed E-state index contributed by atoms with van der Waals surface area (Å²) in [5, 5.41) is 0.285. The average molecular weight is 511 g/mol. The van der Waals surface area contributed by atoms with Gasteiger partial charge in [-0.15, -0.1) is 0 Å². The minimum atomic E-state index is -1.72. The lowest BCUT2D eigenvalue weighted by molar-refractivity contribution is 0.0405. The van der Waals surface area contributed by atoms with Gasteiger partial charge in [0.1, 0.15) is 0 Å². The number of rotatable bonds is 6. The first-order chi connectivity index (χ1) is 16.6. The summed E-state index contributed by atoms with van der Waals surface area (Å²) in [6, 6.07) is 0. The van der Waals surface area contributed by atoms with Gasteiger partial charge in [-0.25, -0.2) is 0 Å². The molecule has 4 aliphatic rings. The number of hydrogen-bond donors (Lipinski definition) is 0. The summed E-state index contributed by atoms with van der Waals surface area (Å²) < 4.78 is 6.92. The zero-order chi connectivity index (χ0) is 26.7. The zero-order valence-electron chi connectivity index (χ0n) is 25.7. The zero-order valence-corrected chi connectivity index (χ0v) is 26.7. The van der Waals surface area contributed by atoms with Gasteiger partial charge in [0.05, 0.1) is 0 Å². The van der Waals surface area contributed by atoms with Crippen molar-refractivity contribution in [3.05, 3.63) is 35.5 Å². The standard InChI is InChI=1S/C34H58OSi/c1-23(2)24(3)12-13-25(4)29-16-17-30-28-15-14-26-22-27(35-36(10,11)32(5,6)7)18-20-33(26,8)31(28)19-21-34(29,30)9/h12-15,23-25,27,29-31H,16-22H2,1-11H3/b13-12+/t24-,25+,27-,29?,30?,31?,33-,34+/m0/s1. The van der Waals surface area contributed by atoms with Gasteiger partial charge < -0.3 is 4.43 Å². The molecule has 3 fully saturated rings. The number of hydrogen-bond acceptors (Lipinski definition) is 1. The summed E-state index contributed by atoms with van der Waals surface area (Å²) in [6.45, 7) is 26.8. The summed E-state index contributed by atoms with van der Waals surface area (Å²) in [5.74, 6) is 4.46. The van der Waals surface area contributed by atoms with Crippen LogP contribution in [0.15, 0.2) is 35.5 Å². The average Bonchev–Trinajstić information content (AvgIpc) is 3.13. The van der Waals surface area contributed by atoms with Crippen LogP contribution in [-0.2, 0) is 4.43 Å². The van der Waals surface area contributed by atoms with Crippen molar-refractivity contribution in [3.63, 3.8) is 0 Å². The molecule has 0 heterocycles. The molecule has 204 valence electrons. The lowest BCUT2D eigenvalue weighted by Crippen LogP contribution is -2.49. The fourth-order valence-electron chi connectivity index (χ4n) is 8.27. The molecule has 0 bridgehead atoms. The first kappa shape index (κ1) is 28.4. The molecule has 0 spiro atoms. The highest BCUT2D eigenvalue weighted by atomic mass is 28.4. The molecule has 0 aliphatic heterocycles. The molecule has 8 atom stereocenters. The molecule has 0 aromatic carbocycles. The van der Waals surface area contributed by atoms with Gasteiger partial charge in [0.25, 0.3) is 0 Å². The molecule has 36 heavy (non-hydrogen) atoms. The SMILES string of the molecule is CC(C)[C@@H](C)/C=C/[C@@H](C)C1CCC2C3=CC=C4C[C@@H](O[Si](C)(C)C(C)(C)C)CC[C@]4(C)C3CC[C@@]21C. The van der Waals surface area contributed by atoms with Gasteiger partial charge in [-0.05, 0) is 109 Å². The van der Waals surface area contributed by atoms with Gasteiger partial charge in [0, 0.05) is 6.10 Å². The van der Waals surface area contributed by atoms with Gasteiger partial charge in [-0.3, -0.25) is 0 Å². The van der Waals surface area contributed by atoms with E-state index in [0.29, 0.717) is 28.8 Å². The first-order valence-electron chi connectivity index (χ1n) is 15.4. The molecular formula is C34H58OSi. The van der Waals surface area contributed by atoms with Crippen molar-refractivity contribution in [3.8, 4) is 0 Å². The molecule has 1 nitrogen and oxygen atoms in total. The fourth-order valence-corrected chi connectivity index (χ4v) is 9.66. The molecular weight excluding hydrogens is 452 g/mol. The Labute approximate surface area is 225 Å². The highest BCUT2D eigenvalue weighted by Gasteiger charge is 2.57. The second kappa shape index (κ2) is 9.85. The molecule has 4 aliphatic carbocycles. The van der Waals surface area contributed by atoms with Crippen LogP contribution >= 0.6 is 0 Å². The summed E-state index contributed by atoms with van der Waals surface area (Å²) in [6.07, 6.45) is 20.0. The monoisotopic (exact) mass is 510 g/mol. The maximum absolute atomic E-state index is 6.92. The molecule has 0 aromatic heterocycles. The highest BCUT2D eigenvalue weighted by Crippen LogP contribution is 2.66. The number of allylic oxidation sites excluding steroid dienone is 5. The third-order valence-corrected chi connectivity index (χ3v) is 16.8. The normalized spacial score (nSPS) is 38.8. The van der Waals surface area contributed by atoms with E-state index in [1.807, 2.05) is 5.57 Å². The second-order valence-electron chi connectivity index (χ2n) is 15.7. The Bertz CT molecular complexity index is 901. The summed E-state index contributed by atoms with van der Waals surface area (Å²) in [7, 11) is -1.72. The predicted molar refractivity (Wildman–Crippen MR) is 160 cm³/mol. The van der Waals surface area contributed by atoms with Crippen LogP contribution in [0.4, 0.5) is 0 Å². The van der Waals surface area contributed by atoms with Crippen molar-refractivity contribution in [1.82, 2.24) is 0 Å². The quantitative estimate of drug-likeness (QED) is 0.255. The molecule has 0 radical (unpaired) electrons. The summed E-state index contributed by atoms with van der Waals surface area (Å²) >= 11 is 0. The fraction of sp³-hybridized carbons (Fsp3) is 0.824. The van der Waals surface area contributed by atoms with Crippen LogP contribution in [0, 0.1) is 46.3 Å². The van der Waals surface area contributed by atoms with Crippen LogP contribution in [-0.4, -0.2) is 14.4 Å². The van der Waals surface area contributed by atoms with Crippen molar-refractivity contribution in [2.75, 3.05) is 0 Å². The third kappa shape index (κ3) is 4.92. The first-order valence-corrected chi connectivity index (χ1v) is 18.3. The van der Waals surface area contributed by atoms with E-state index in [1.54, 1.807) is 5.57 Å². The van der Waals surface area contributed by atoms with E-state index in [9.17, 15) is 0 Å². The van der Waals surface area contributed by atoms with Crippen LogP contribution in [0.3, 0.4) is 0 Å². The van der Waals surface area contributed by atoms with Crippen LogP contribution in [0.25, 0.3) is 0 Å². The summed E-state index contributed by atoms with van der Waals surface area (Å²) in [4.78, 5) is 0. The van der Waals surface area contributed by atoms with Gasteiger partial charge in [0.15, 0.2) is 8.32 Å². The summed E-state index contributed by atoms with van der Waals surface area (Å²) in [5.41, 5.74) is 4.35. The Morgan fingerprint density at radius 3 is 2.25 bits per heavy atom. The van der Waals surface area contributed by atoms with Crippen molar-refractivity contribution in [1.29, 1.82) is 0 Å². The van der Waals surface area contributed by atoms with E-state index in [2.05, 4.69) is 99.7 Å². The minimum absolute atomic E-state index is 0.285. The topological polar surface area (TPSA) is 9.23 Å². The Hall–Kier alpha value is -0.603. The van der Waals surface area contributed by atoms with Gasteiger partial charge >= 0.3 is 0 Å². The maximum Gasteiger partial charge on any atom is 0.192 e. The maximum atomic E-state index is 6.92. The van der Waals surface area contributed by atoms with E-state index in [0.717, 1.165) is 30.1 Å². The molecule has 3 saturated carbocycles.